The van der Waals surface area contributed by atoms with Gasteiger partial charge in [0.25, 0.3) is 10.0 Å². The van der Waals surface area contributed by atoms with E-state index < -0.39 is 10.0 Å². The molecule has 17 heavy (non-hydrogen) atoms. The molecule has 3 N–H and O–H groups in total. The number of hydrogen-bond donors (Lipinski definition) is 2. The molecule has 0 aliphatic heterocycles. The van der Waals surface area contributed by atoms with Gasteiger partial charge in [0.2, 0.25) is 0 Å². The van der Waals surface area contributed by atoms with Crippen LogP contribution in [0.5, 0.6) is 0 Å². The lowest BCUT2D eigenvalue weighted by atomic mass is 10.1. The van der Waals surface area contributed by atoms with E-state index >= 15 is 0 Å². The Labute approximate surface area is 102 Å². The summed E-state index contributed by atoms with van der Waals surface area (Å²) in [6.45, 7) is 3.97. The Morgan fingerprint density at radius 1 is 1.47 bits per heavy atom. The second-order valence-electron chi connectivity index (χ2n) is 3.91. The molecule has 6 heteroatoms. The van der Waals surface area contributed by atoms with E-state index in [0.29, 0.717) is 0 Å². The molecule has 0 aliphatic rings. The number of rotatable bonds is 6. The first kappa shape index (κ1) is 13.9. The first-order valence-electron chi connectivity index (χ1n) is 5.74. The molecule has 0 saturated carbocycles. The van der Waals surface area contributed by atoms with Gasteiger partial charge in [-0.3, -0.25) is 0 Å². The lowest BCUT2D eigenvalue weighted by Gasteiger charge is -2.16. The number of nitrogens with two attached hydrogens (primary N) is 1. The molecule has 0 amide bonds. The van der Waals surface area contributed by atoms with Crippen molar-refractivity contribution in [2.45, 2.75) is 44.2 Å². The van der Waals surface area contributed by atoms with Crippen molar-refractivity contribution in [3.63, 3.8) is 0 Å². The average molecular weight is 257 g/mol. The van der Waals surface area contributed by atoms with E-state index in [1.807, 2.05) is 13.8 Å². The van der Waals surface area contributed by atoms with Crippen LogP contribution in [-0.2, 0) is 10.0 Å². The van der Waals surface area contributed by atoms with E-state index in [1.54, 1.807) is 6.07 Å². The summed E-state index contributed by atoms with van der Waals surface area (Å²) >= 11 is 0. The molecule has 0 spiro atoms. The Morgan fingerprint density at radius 2 is 2.18 bits per heavy atom. The summed E-state index contributed by atoms with van der Waals surface area (Å²) in [6, 6.07) is 3.08. The highest BCUT2D eigenvalue weighted by Crippen LogP contribution is 2.15. The van der Waals surface area contributed by atoms with Crippen molar-refractivity contribution in [1.29, 1.82) is 0 Å². The van der Waals surface area contributed by atoms with Gasteiger partial charge in [0.15, 0.2) is 5.03 Å². The molecule has 96 valence electrons. The van der Waals surface area contributed by atoms with Crippen molar-refractivity contribution >= 4 is 15.7 Å². The van der Waals surface area contributed by atoms with Gasteiger partial charge in [-0.1, -0.05) is 20.3 Å². The second-order valence-corrected chi connectivity index (χ2v) is 5.54. The van der Waals surface area contributed by atoms with Gasteiger partial charge >= 0.3 is 0 Å². The van der Waals surface area contributed by atoms with Crippen LogP contribution in [0.2, 0.25) is 0 Å². The molecule has 1 heterocycles. The molecule has 5 nitrogen and oxygen atoms in total. The molecule has 1 rings (SSSR count). The molecule has 0 bridgehead atoms. The van der Waals surface area contributed by atoms with Crippen LogP contribution in [0.1, 0.15) is 33.1 Å². The molecule has 1 aromatic heterocycles. The Hall–Kier alpha value is -1.14. The van der Waals surface area contributed by atoms with Crippen molar-refractivity contribution in [2.75, 3.05) is 5.73 Å². The van der Waals surface area contributed by atoms with Gasteiger partial charge in [-0.25, -0.2) is 18.1 Å². The predicted octanol–water partition coefficient (Wildman–Crippen LogP) is 1.52. The molecular weight excluding hydrogens is 238 g/mol. The zero-order valence-corrected chi connectivity index (χ0v) is 11.0. The van der Waals surface area contributed by atoms with E-state index in [9.17, 15) is 8.42 Å². The zero-order chi connectivity index (χ0) is 12.9. The molecular formula is C11H19N3O2S. The van der Waals surface area contributed by atoms with E-state index in [2.05, 4.69) is 9.71 Å². The normalized spacial score (nSPS) is 13.5. The minimum absolute atomic E-state index is 0.0635. The SMILES string of the molecule is CCCC(CC)NS(=O)(=O)c1ncccc1N. The molecule has 0 fully saturated rings. The largest absolute Gasteiger partial charge is 0.396 e. The van der Waals surface area contributed by atoms with Crippen LogP contribution in [-0.4, -0.2) is 19.4 Å². The van der Waals surface area contributed by atoms with Crippen molar-refractivity contribution in [1.82, 2.24) is 9.71 Å². The zero-order valence-electron chi connectivity index (χ0n) is 10.2. The first-order chi connectivity index (χ1) is 8.01. The topological polar surface area (TPSA) is 85.1 Å². The van der Waals surface area contributed by atoms with E-state index in [4.69, 9.17) is 5.73 Å². The Bertz CT molecular complexity index is 460. The fraction of sp³-hybridized carbons (Fsp3) is 0.545. The maximum absolute atomic E-state index is 12.0. The Balaban J connectivity index is 2.92. The monoisotopic (exact) mass is 257 g/mol. The van der Waals surface area contributed by atoms with Gasteiger partial charge in [-0.15, -0.1) is 0 Å². The summed E-state index contributed by atoms with van der Waals surface area (Å²) in [5.41, 5.74) is 5.79. The summed E-state index contributed by atoms with van der Waals surface area (Å²) in [4.78, 5) is 3.82. The molecule has 1 unspecified atom stereocenters. The summed E-state index contributed by atoms with van der Waals surface area (Å²) in [5.74, 6) is 0. The highest BCUT2D eigenvalue weighted by Gasteiger charge is 2.21. The summed E-state index contributed by atoms with van der Waals surface area (Å²) in [6.07, 6.45) is 3.91. The maximum atomic E-state index is 12.0. The molecule has 0 saturated heterocycles. The fourth-order valence-corrected chi connectivity index (χ4v) is 3.01. The third-order valence-electron chi connectivity index (χ3n) is 2.51. The van der Waals surface area contributed by atoms with Gasteiger partial charge in [0, 0.05) is 12.2 Å². The number of nitrogen functional groups attached to an aromatic ring is 1. The van der Waals surface area contributed by atoms with Crippen LogP contribution in [0.3, 0.4) is 0 Å². The standard InChI is InChI=1S/C11H19N3O2S/c1-3-6-9(4-2)14-17(15,16)11-10(12)7-5-8-13-11/h5,7-9,14H,3-4,6,12H2,1-2H3. The van der Waals surface area contributed by atoms with E-state index in [-0.39, 0.29) is 16.8 Å². The van der Waals surface area contributed by atoms with Crippen LogP contribution in [0.15, 0.2) is 23.4 Å². The Kier molecular flexibility index (Phi) is 4.89. The third kappa shape index (κ3) is 3.67. The van der Waals surface area contributed by atoms with Gasteiger partial charge in [-0.05, 0) is 25.0 Å². The number of aromatic nitrogens is 1. The van der Waals surface area contributed by atoms with Crippen LogP contribution in [0.4, 0.5) is 5.69 Å². The number of pyridine rings is 1. The first-order valence-corrected chi connectivity index (χ1v) is 7.22. The quantitative estimate of drug-likeness (QED) is 0.809. The van der Waals surface area contributed by atoms with Gasteiger partial charge in [0.1, 0.15) is 0 Å². The number of hydrogen-bond acceptors (Lipinski definition) is 4. The minimum atomic E-state index is -3.61. The number of nitrogens with one attached hydrogen (secondary N) is 1. The number of nitrogens with zero attached hydrogens (tertiary/aromatic N) is 1. The minimum Gasteiger partial charge on any atom is -0.396 e. The van der Waals surface area contributed by atoms with Crippen LogP contribution in [0.25, 0.3) is 0 Å². The lowest BCUT2D eigenvalue weighted by molar-refractivity contribution is 0.511. The Morgan fingerprint density at radius 3 is 2.71 bits per heavy atom. The maximum Gasteiger partial charge on any atom is 0.260 e. The van der Waals surface area contributed by atoms with Crippen LogP contribution >= 0.6 is 0 Å². The molecule has 0 aromatic carbocycles. The van der Waals surface area contributed by atoms with Crippen molar-refractivity contribution in [2.24, 2.45) is 0 Å². The van der Waals surface area contributed by atoms with Crippen molar-refractivity contribution in [3.05, 3.63) is 18.3 Å². The van der Waals surface area contributed by atoms with E-state index in [0.717, 1.165) is 19.3 Å². The highest BCUT2D eigenvalue weighted by atomic mass is 32.2. The third-order valence-corrected chi connectivity index (χ3v) is 4.00. The highest BCUT2D eigenvalue weighted by molar-refractivity contribution is 7.89. The lowest BCUT2D eigenvalue weighted by Crippen LogP contribution is -2.35. The second kappa shape index (κ2) is 5.97. The van der Waals surface area contributed by atoms with Crippen LogP contribution < -0.4 is 10.5 Å². The summed E-state index contributed by atoms with van der Waals surface area (Å²) < 4.78 is 26.7. The molecule has 1 atom stereocenters. The average Bonchev–Trinajstić information content (AvgIpc) is 2.28. The molecule has 0 radical (unpaired) electrons. The van der Waals surface area contributed by atoms with Gasteiger partial charge in [-0.2, -0.15) is 0 Å². The van der Waals surface area contributed by atoms with Crippen LogP contribution in [0, 0.1) is 0 Å². The predicted molar refractivity (Wildman–Crippen MR) is 68.0 cm³/mol. The molecule has 1 aromatic rings. The number of sulfonamides is 1. The fourth-order valence-electron chi connectivity index (χ4n) is 1.60. The smallest absolute Gasteiger partial charge is 0.260 e. The van der Waals surface area contributed by atoms with Crippen molar-refractivity contribution < 1.29 is 8.42 Å². The number of anilines is 1. The summed E-state index contributed by atoms with van der Waals surface area (Å²) in [7, 11) is -3.61. The van der Waals surface area contributed by atoms with E-state index in [1.165, 1.54) is 12.3 Å². The van der Waals surface area contributed by atoms with Gasteiger partial charge < -0.3 is 5.73 Å². The van der Waals surface area contributed by atoms with Gasteiger partial charge in [0.05, 0.1) is 5.69 Å². The summed E-state index contributed by atoms with van der Waals surface area (Å²) in [5, 5.41) is -0.0884. The van der Waals surface area contributed by atoms with Crippen molar-refractivity contribution in [3.8, 4) is 0 Å². The molecule has 0 aliphatic carbocycles.